The molecule has 0 radical (unpaired) electrons. The summed E-state index contributed by atoms with van der Waals surface area (Å²) < 4.78 is 7.29. The van der Waals surface area contributed by atoms with Gasteiger partial charge in [-0.2, -0.15) is 5.10 Å². The average molecular weight is 330 g/mol. The summed E-state index contributed by atoms with van der Waals surface area (Å²) in [5.74, 6) is 0.620. The lowest BCUT2D eigenvalue weighted by Gasteiger charge is -2.23. The van der Waals surface area contributed by atoms with Crippen LogP contribution >= 0.6 is 0 Å². The van der Waals surface area contributed by atoms with Crippen LogP contribution in [0.5, 0.6) is 5.75 Å². The molecule has 7 nitrogen and oxygen atoms in total. The molecule has 2 aromatic rings. The van der Waals surface area contributed by atoms with Gasteiger partial charge in [0.1, 0.15) is 18.0 Å². The molecule has 1 atom stereocenters. The van der Waals surface area contributed by atoms with Crippen LogP contribution in [0.3, 0.4) is 0 Å². The van der Waals surface area contributed by atoms with E-state index in [-0.39, 0.29) is 19.1 Å². The molecule has 7 heteroatoms. The molecule has 2 N–H and O–H groups in total. The number of nitrogens with one attached hydrogen (secondary N) is 1. The summed E-state index contributed by atoms with van der Waals surface area (Å²) in [5, 5.41) is 17.4. The van der Waals surface area contributed by atoms with E-state index in [4.69, 9.17) is 4.74 Å². The van der Waals surface area contributed by atoms with Gasteiger partial charge in [-0.3, -0.25) is 14.4 Å². The van der Waals surface area contributed by atoms with Crippen molar-refractivity contribution >= 4 is 11.6 Å². The first-order chi connectivity index (χ1) is 11.5. The van der Waals surface area contributed by atoms with Gasteiger partial charge in [-0.05, 0) is 18.6 Å². The van der Waals surface area contributed by atoms with Crippen molar-refractivity contribution in [2.75, 3.05) is 31.6 Å². The van der Waals surface area contributed by atoms with Crippen LogP contribution in [0.2, 0.25) is 0 Å². The minimum atomic E-state index is -0.926. The van der Waals surface area contributed by atoms with Crippen LogP contribution in [0, 0.1) is 0 Å². The van der Waals surface area contributed by atoms with E-state index in [0.717, 1.165) is 5.75 Å². The maximum Gasteiger partial charge on any atom is 0.238 e. The molecule has 1 aromatic heterocycles. The molecule has 2 heterocycles. The van der Waals surface area contributed by atoms with E-state index in [0.29, 0.717) is 25.2 Å². The fourth-order valence-corrected chi connectivity index (χ4v) is 2.82. The number of hydrogen-bond acceptors (Lipinski definition) is 5. The summed E-state index contributed by atoms with van der Waals surface area (Å²) in [7, 11) is 1.79. The minimum Gasteiger partial charge on any atom is -0.491 e. The van der Waals surface area contributed by atoms with Crippen LogP contribution < -0.4 is 10.1 Å². The van der Waals surface area contributed by atoms with E-state index in [2.05, 4.69) is 10.4 Å². The Bertz CT molecular complexity index is 688. The lowest BCUT2D eigenvalue weighted by molar-refractivity contribution is -0.117. The molecule has 0 bridgehead atoms. The zero-order chi connectivity index (χ0) is 17.0. The minimum absolute atomic E-state index is 0.115. The van der Waals surface area contributed by atoms with Gasteiger partial charge in [0.05, 0.1) is 18.4 Å². The average Bonchev–Trinajstić information content (AvgIpc) is 3.13. The molecular weight excluding hydrogens is 308 g/mol. The highest BCUT2D eigenvalue weighted by Crippen LogP contribution is 2.22. The number of likely N-dealkylation sites (tertiary alicyclic amines) is 1. The first kappa shape index (κ1) is 16.5. The van der Waals surface area contributed by atoms with Crippen molar-refractivity contribution in [3.8, 4) is 5.75 Å². The van der Waals surface area contributed by atoms with Gasteiger partial charge in [-0.1, -0.05) is 18.2 Å². The Hall–Kier alpha value is -2.38. The predicted molar refractivity (Wildman–Crippen MR) is 89.8 cm³/mol. The predicted octanol–water partition coefficient (Wildman–Crippen LogP) is 0.874. The maximum atomic E-state index is 12.1. The molecule has 1 fully saturated rings. The molecule has 3 rings (SSSR count). The van der Waals surface area contributed by atoms with E-state index in [1.807, 2.05) is 35.2 Å². The zero-order valence-electron chi connectivity index (χ0n) is 13.7. The Morgan fingerprint density at radius 2 is 2.21 bits per heavy atom. The standard InChI is InChI=1S/C17H22N4O3/c1-20-10-14(9-18-20)19-16(22)11-21-8-7-17(23,12-21)13-24-15-5-3-2-4-6-15/h2-6,9-10,23H,7-8,11-13H2,1H3,(H,19,22). The van der Waals surface area contributed by atoms with E-state index in [1.54, 1.807) is 24.1 Å². The Morgan fingerprint density at radius 3 is 2.92 bits per heavy atom. The van der Waals surface area contributed by atoms with Crippen molar-refractivity contribution in [3.63, 3.8) is 0 Å². The summed E-state index contributed by atoms with van der Waals surface area (Å²) in [6.45, 7) is 1.54. The molecule has 128 valence electrons. The number of β-amino-alcohol motifs (C(OH)–C–C–N with tert-alkyl or cyclic N) is 1. The third-order valence-corrected chi connectivity index (χ3v) is 4.02. The fourth-order valence-electron chi connectivity index (χ4n) is 2.82. The van der Waals surface area contributed by atoms with Gasteiger partial charge in [0, 0.05) is 26.3 Å². The Kier molecular flexibility index (Phi) is 4.82. The van der Waals surface area contributed by atoms with E-state index in [9.17, 15) is 9.90 Å². The van der Waals surface area contributed by atoms with E-state index >= 15 is 0 Å². The van der Waals surface area contributed by atoms with Crippen molar-refractivity contribution in [1.82, 2.24) is 14.7 Å². The molecule has 0 spiro atoms. The van der Waals surface area contributed by atoms with Crippen molar-refractivity contribution in [1.29, 1.82) is 0 Å². The molecule has 1 aliphatic rings. The first-order valence-electron chi connectivity index (χ1n) is 7.94. The second-order valence-electron chi connectivity index (χ2n) is 6.24. The molecule has 1 aromatic carbocycles. The number of aromatic nitrogens is 2. The molecule has 24 heavy (non-hydrogen) atoms. The number of nitrogens with zero attached hydrogens (tertiary/aromatic N) is 3. The number of benzene rings is 1. The quantitative estimate of drug-likeness (QED) is 0.822. The SMILES string of the molecule is Cn1cc(NC(=O)CN2CCC(O)(COc3ccccc3)C2)cn1. The highest BCUT2D eigenvalue weighted by Gasteiger charge is 2.37. The number of anilines is 1. The monoisotopic (exact) mass is 330 g/mol. The molecule has 1 unspecified atom stereocenters. The molecule has 0 aliphatic carbocycles. The largest absolute Gasteiger partial charge is 0.491 e. The van der Waals surface area contributed by atoms with Crippen molar-refractivity contribution < 1.29 is 14.6 Å². The van der Waals surface area contributed by atoms with Crippen molar-refractivity contribution in [3.05, 3.63) is 42.7 Å². The zero-order valence-corrected chi connectivity index (χ0v) is 13.7. The van der Waals surface area contributed by atoms with Crippen LogP contribution in [0.15, 0.2) is 42.7 Å². The fraction of sp³-hybridized carbons (Fsp3) is 0.412. The number of rotatable bonds is 6. The normalized spacial score (nSPS) is 20.9. The number of aryl methyl sites for hydroxylation is 1. The number of carbonyl (C=O) groups excluding carboxylic acids is 1. The molecule has 1 saturated heterocycles. The summed E-state index contributed by atoms with van der Waals surface area (Å²) in [6, 6.07) is 9.42. The highest BCUT2D eigenvalue weighted by atomic mass is 16.5. The van der Waals surface area contributed by atoms with Gasteiger partial charge >= 0.3 is 0 Å². The second kappa shape index (κ2) is 7.02. The lowest BCUT2D eigenvalue weighted by Crippen LogP contribution is -2.40. The summed E-state index contributed by atoms with van der Waals surface area (Å²) in [4.78, 5) is 14.0. The van der Waals surface area contributed by atoms with Crippen LogP contribution in [-0.2, 0) is 11.8 Å². The summed E-state index contributed by atoms with van der Waals surface area (Å²) in [5.41, 5.74) is -0.255. The van der Waals surface area contributed by atoms with Crippen molar-refractivity contribution in [2.24, 2.45) is 7.05 Å². The highest BCUT2D eigenvalue weighted by molar-refractivity contribution is 5.92. The van der Waals surface area contributed by atoms with Gasteiger partial charge in [-0.25, -0.2) is 0 Å². The first-order valence-corrected chi connectivity index (χ1v) is 7.94. The van der Waals surface area contributed by atoms with E-state index in [1.165, 1.54) is 0 Å². The Labute approximate surface area is 140 Å². The number of ether oxygens (including phenoxy) is 1. The number of amides is 1. The smallest absolute Gasteiger partial charge is 0.238 e. The molecule has 1 amide bonds. The maximum absolute atomic E-state index is 12.1. The van der Waals surface area contributed by atoms with Gasteiger partial charge in [0.25, 0.3) is 0 Å². The van der Waals surface area contributed by atoms with Crippen LogP contribution in [0.4, 0.5) is 5.69 Å². The van der Waals surface area contributed by atoms with Gasteiger partial charge in [0.15, 0.2) is 0 Å². The second-order valence-corrected chi connectivity index (χ2v) is 6.24. The van der Waals surface area contributed by atoms with Gasteiger partial charge < -0.3 is 15.2 Å². The molecular formula is C17H22N4O3. The van der Waals surface area contributed by atoms with Crippen LogP contribution in [-0.4, -0.2) is 57.5 Å². The molecule has 0 saturated carbocycles. The summed E-state index contributed by atoms with van der Waals surface area (Å²) >= 11 is 0. The number of para-hydroxylation sites is 1. The Morgan fingerprint density at radius 1 is 1.42 bits per heavy atom. The van der Waals surface area contributed by atoms with Crippen molar-refractivity contribution in [2.45, 2.75) is 12.0 Å². The van der Waals surface area contributed by atoms with E-state index < -0.39 is 5.60 Å². The Balaban J connectivity index is 1.46. The number of carbonyl (C=O) groups is 1. The lowest BCUT2D eigenvalue weighted by atomic mass is 10.1. The summed E-state index contributed by atoms with van der Waals surface area (Å²) in [6.07, 6.45) is 3.93. The topological polar surface area (TPSA) is 79.6 Å². The number of hydrogen-bond donors (Lipinski definition) is 2. The van der Waals surface area contributed by atoms with Gasteiger partial charge in [-0.15, -0.1) is 0 Å². The van der Waals surface area contributed by atoms with Gasteiger partial charge in [0.2, 0.25) is 5.91 Å². The van der Waals surface area contributed by atoms with Crippen LogP contribution in [0.1, 0.15) is 6.42 Å². The molecule has 1 aliphatic heterocycles. The third-order valence-electron chi connectivity index (χ3n) is 4.02. The van der Waals surface area contributed by atoms with Crippen LogP contribution in [0.25, 0.3) is 0 Å². The number of aliphatic hydroxyl groups is 1. The third kappa shape index (κ3) is 4.33.